The minimum atomic E-state index is -0.106. The highest BCUT2D eigenvalue weighted by molar-refractivity contribution is 7.12. The van der Waals surface area contributed by atoms with Crippen LogP contribution in [0.3, 0.4) is 0 Å². The number of nitrogens with one attached hydrogen (secondary N) is 1. The summed E-state index contributed by atoms with van der Waals surface area (Å²) in [6.07, 6.45) is 3.73. The fourth-order valence-electron chi connectivity index (χ4n) is 3.93. The molecule has 2 amide bonds. The van der Waals surface area contributed by atoms with Crippen molar-refractivity contribution in [3.8, 4) is 0 Å². The van der Waals surface area contributed by atoms with Crippen molar-refractivity contribution in [3.63, 3.8) is 0 Å². The molecule has 4 nitrogen and oxygen atoms in total. The molecular weight excluding hydrogens is 332 g/mol. The zero-order valence-electron chi connectivity index (χ0n) is 14.1. The van der Waals surface area contributed by atoms with Crippen LogP contribution < -0.4 is 5.32 Å². The molecule has 130 valence electrons. The van der Waals surface area contributed by atoms with Gasteiger partial charge in [0.25, 0.3) is 5.91 Å². The number of thiophene rings is 1. The summed E-state index contributed by atoms with van der Waals surface area (Å²) in [5.74, 6) is 0.0366. The second kappa shape index (κ2) is 7.00. The van der Waals surface area contributed by atoms with Gasteiger partial charge in [0.2, 0.25) is 5.91 Å². The van der Waals surface area contributed by atoms with E-state index in [4.69, 9.17) is 0 Å². The van der Waals surface area contributed by atoms with Crippen LogP contribution in [0.1, 0.15) is 46.1 Å². The van der Waals surface area contributed by atoms with Crippen molar-refractivity contribution in [2.75, 3.05) is 13.1 Å². The number of benzene rings is 1. The highest BCUT2D eigenvalue weighted by atomic mass is 32.1. The van der Waals surface area contributed by atoms with Crippen molar-refractivity contribution in [1.29, 1.82) is 0 Å². The highest BCUT2D eigenvalue weighted by Crippen LogP contribution is 2.31. The van der Waals surface area contributed by atoms with Gasteiger partial charge in [-0.25, -0.2) is 0 Å². The Bertz CT molecular complexity index is 772. The topological polar surface area (TPSA) is 49.4 Å². The van der Waals surface area contributed by atoms with E-state index in [1.54, 1.807) is 0 Å². The molecule has 1 aliphatic heterocycles. The van der Waals surface area contributed by atoms with Gasteiger partial charge in [0.05, 0.1) is 16.8 Å². The molecule has 0 spiro atoms. The number of hydrogen-bond acceptors (Lipinski definition) is 3. The Labute approximate surface area is 151 Å². The van der Waals surface area contributed by atoms with Gasteiger partial charge in [0, 0.05) is 13.1 Å². The lowest BCUT2D eigenvalue weighted by atomic mass is 9.96. The summed E-state index contributed by atoms with van der Waals surface area (Å²) >= 11 is 1.46. The first-order chi connectivity index (χ1) is 12.2. The van der Waals surface area contributed by atoms with Gasteiger partial charge in [-0.05, 0) is 48.3 Å². The summed E-state index contributed by atoms with van der Waals surface area (Å²) < 4.78 is 0. The number of amides is 2. The Morgan fingerprint density at radius 2 is 2.00 bits per heavy atom. The SMILES string of the molecule is O=C(NC1CCc2ccccc21)C1CCCN(C(=O)c2cccs2)C1. The lowest BCUT2D eigenvalue weighted by Gasteiger charge is -2.32. The molecule has 0 radical (unpaired) electrons. The molecule has 1 N–H and O–H groups in total. The second-order valence-electron chi connectivity index (χ2n) is 6.87. The van der Waals surface area contributed by atoms with Gasteiger partial charge in [-0.3, -0.25) is 9.59 Å². The number of carbonyl (C=O) groups is 2. The van der Waals surface area contributed by atoms with Gasteiger partial charge in [-0.15, -0.1) is 11.3 Å². The van der Waals surface area contributed by atoms with E-state index >= 15 is 0 Å². The average Bonchev–Trinajstić information content (AvgIpc) is 3.32. The smallest absolute Gasteiger partial charge is 0.263 e. The van der Waals surface area contributed by atoms with Crippen molar-refractivity contribution in [2.24, 2.45) is 5.92 Å². The second-order valence-corrected chi connectivity index (χ2v) is 7.81. The Hall–Kier alpha value is -2.14. The van der Waals surface area contributed by atoms with Crippen LogP contribution in [0.4, 0.5) is 0 Å². The zero-order valence-corrected chi connectivity index (χ0v) is 14.9. The maximum atomic E-state index is 12.8. The van der Waals surface area contributed by atoms with Crippen molar-refractivity contribution < 1.29 is 9.59 Å². The maximum absolute atomic E-state index is 12.8. The first kappa shape index (κ1) is 16.3. The molecule has 0 saturated carbocycles. The molecule has 25 heavy (non-hydrogen) atoms. The van der Waals surface area contributed by atoms with E-state index in [9.17, 15) is 9.59 Å². The van der Waals surface area contributed by atoms with Crippen molar-refractivity contribution in [2.45, 2.75) is 31.7 Å². The molecule has 4 rings (SSSR count). The number of rotatable bonds is 3. The van der Waals surface area contributed by atoms with Crippen LogP contribution in [-0.4, -0.2) is 29.8 Å². The van der Waals surface area contributed by atoms with Crippen LogP contribution in [0.25, 0.3) is 0 Å². The Morgan fingerprint density at radius 3 is 2.84 bits per heavy atom. The van der Waals surface area contributed by atoms with E-state index < -0.39 is 0 Å². The van der Waals surface area contributed by atoms with Crippen LogP contribution in [0.2, 0.25) is 0 Å². The minimum absolute atomic E-state index is 0.0544. The van der Waals surface area contributed by atoms with Gasteiger partial charge < -0.3 is 10.2 Å². The quantitative estimate of drug-likeness (QED) is 0.918. The van der Waals surface area contributed by atoms with E-state index in [0.717, 1.165) is 37.1 Å². The number of hydrogen-bond donors (Lipinski definition) is 1. The summed E-state index contributed by atoms with van der Waals surface area (Å²) in [6, 6.07) is 12.2. The normalized spacial score (nSPS) is 22.5. The summed E-state index contributed by atoms with van der Waals surface area (Å²) in [5, 5.41) is 5.14. The number of piperidine rings is 1. The largest absolute Gasteiger partial charge is 0.349 e. The molecule has 5 heteroatoms. The minimum Gasteiger partial charge on any atom is -0.349 e. The number of carbonyl (C=O) groups excluding carboxylic acids is 2. The first-order valence-electron chi connectivity index (χ1n) is 8.93. The van der Waals surface area contributed by atoms with Crippen LogP contribution in [0.15, 0.2) is 41.8 Å². The number of likely N-dealkylation sites (tertiary alicyclic amines) is 1. The molecule has 0 bridgehead atoms. The zero-order chi connectivity index (χ0) is 17.2. The summed E-state index contributed by atoms with van der Waals surface area (Å²) in [4.78, 5) is 27.9. The van der Waals surface area contributed by atoms with Gasteiger partial charge in [-0.2, -0.15) is 0 Å². The first-order valence-corrected chi connectivity index (χ1v) is 9.81. The predicted octanol–water partition coefficient (Wildman–Crippen LogP) is 3.40. The fourth-order valence-corrected chi connectivity index (χ4v) is 4.62. The highest BCUT2D eigenvalue weighted by Gasteiger charge is 2.31. The molecule has 1 fully saturated rings. The number of fused-ring (bicyclic) bond motifs is 1. The molecule has 1 aromatic heterocycles. The third-order valence-electron chi connectivity index (χ3n) is 5.26. The van der Waals surface area contributed by atoms with Crippen LogP contribution >= 0.6 is 11.3 Å². The van der Waals surface area contributed by atoms with E-state index in [-0.39, 0.29) is 23.8 Å². The molecule has 2 aromatic rings. The van der Waals surface area contributed by atoms with E-state index in [1.165, 1.54) is 22.5 Å². The summed E-state index contributed by atoms with van der Waals surface area (Å²) in [7, 11) is 0. The molecular formula is C20H22N2O2S. The third kappa shape index (κ3) is 3.33. The average molecular weight is 354 g/mol. The van der Waals surface area contributed by atoms with Crippen molar-refractivity contribution in [1.82, 2.24) is 10.2 Å². The van der Waals surface area contributed by atoms with Crippen LogP contribution in [0, 0.1) is 5.92 Å². The van der Waals surface area contributed by atoms with Crippen molar-refractivity contribution in [3.05, 3.63) is 57.8 Å². The predicted molar refractivity (Wildman–Crippen MR) is 98.6 cm³/mol. The monoisotopic (exact) mass is 354 g/mol. The molecule has 2 heterocycles. The Kier molecular flexibility index (Phi) is 4.57. The third-order valence-corrected chi connectivity index (χ3v) is 6.12. The van der Waals surface area contributed by atoms with E-state index in [2.05, 4.69) is 23.5 Å². The maximum Gasteiger partial charge on any atom is 0.263 e. The summed E-state index contributed by atoms with van der Waals surface area (Å²) in [5.41, 5.74) is 2.59. The lowest BCUT2D eigenvalue weighted by Crippen LogP contribution is -2.45. The van der Waals surface area contributed by atoms with E-state index in [0.29, 0.717) is 6.54 Å². The molecule has 1 aliphatic carbocycles. The Morgan fingerprint density at radius 1 is 1.12 bits per heavy atom. The fraction of sp³-hybridized carbons (Fsp3) is 0.400. The van der Waals surface area contributed by atoms with E-state index in [1.807, 2.05) is 28.5 Å². The molecule has 1 aromatic carbocycles. The molecule has 2 unspecified atom stereocenters. The number of aryl methyl sites for hydroxylation is 1. The standard InChI is InChI=1S/C20H22N2O2S/c23-19(21-17-10-9-14-5-1-2-7-16(14)17)15-6-3-11-22(13-15)20(24)18-8-4-12-25-18/h1-2,4-5,7-8,12,15,17H,3,6,9-11,13H2,(H,21,23). The van der Waals surface area contributed by atoms with Gasteiger partial charge >= 0.3 is 0 Å². The molecule has 2 aliphatic rings. The molecule has 1 saturated heterocycles. The molecule has 2 atom stereocenters. The van der Waals surface area contributed by atoms with Crippen LogP contribution in [0.5, 0.6) is 0 Å². The Balaban J connectivity index is 1.40. The van der Waals surface area contributed by atoms with Gasteiger partial charge in [0.1, 0.15) is 0 Å². The summed E-state index contributed by atoms with van der Waals surface area (Å²) in [6.45, 7) is 1.27. The van der Waals surface area contributed by atoms with Gasteiger partial charge in [0.15, 0.2) is 0 Å². The lowest BCUT2D eigenvalue weighted by molar-refractivity contribution is -0.127. The van der Waals surface area contributed by atoms with Crippen LogP contribution in [-0.2, 0) is 11.2 Å². The van der Waals surface area contributed by atoms with Crippen molar-refractivity contribution >= 4 is 23.2 Å². The van der Waals surface area contributed by atoms with Gasteiger partial charge in [-0.1, -0.05) is 30.3 Å². The number of nitrogens with zero attached hydrogens (tertiary/aromatic N) is 1.